The van der Waals surface area contributed by atoms with E-state index in [2.05, 4.69) is 10.6 Å². The molecule has 0 saturated heterocycles. The molecule has 0 aliphatic heterocycles. The molecule has 0 aromatic heterocycles. The Morgan fingerprint density at radius 2 is 1.55 bits per heavy atom. The maximum atomic E-state index is 12.6. The average molecular weight is 467 g/mol. The molecule has 3 aromatic carbocycles. The Morgan fingerprint density at radius 3 is 2.12 bits per heavy atom. The van der Waals surface area contributed by atoms with Crippen molar-refractivity contribution in [2.45, 2.75) is 33.8 Å². The number of anilines is 2. The van der Waals surface area contributed by atoms with Crippen molar-refractivity contribution < 1.29 is 19.1 Å². The van der Waals surface area contributed by atoms with E-state index in [1.807, 2.05) is 32.9 Å². The van der Waals surface area contributed by atoms with E-state index in [-0.39, 0.29) is 11.8 Å². The Hall–Kier alpha value is -3.51. The van der Waals surface area contributed by atoms with Gasteiger partial charge in [0, 0.05) is 16.9 Å². The summed E-state index contributed by atoms with van der Waals surface area (Å²) in [6, 6.07) is 15.6. The molecule has 6 nitrogen and oxygen atoms in total. The highest BCUT2D eigenvalue weighted by atomic mass is 35.5. The summed E-state index contributed by atoms with van der Waals surface area (Å²) in [7, 11) is 1.53. The maximum Gasteiger partial charge on any atom is 0.265 e. The first kappa shape index (κ1) is 24.1. The van der Waals surface area contributed by atoms with Crippen LogP contribution in [0.1, 0.15) is 34.0 Å². The minimum Gasteiger partial charge on any atom is -0.495 e. The van der Waals surface area contributed by atoms with Gasteiger partial charge in [-0.05, 0) is 81.3 Å². The summed E-state index contributed by atoms with van der Waals surface area (Å²) in [5, 5.41) is 6.14. The number of benzene rings is 3. The molecular weight excluding hydrogens is 440 g/mol. The number of hydrogen-bond acceptors (Lipinski definition) is 4. The predicted octanol–water partition coefficient (Wildman–Crippen LogP) is 5.93. The number of aryl methyl sites for hydroxylation is 3. The summed E-state index contributed by atoms with van der Waals surface area (Å²) in [4.78, 5) is 25.2. The molecule has 0 fully saturated rings. The molecule has 7 heteroatoms. The molecule has 0 bridgehead atoms. The van der Waals surface area contributed by atoms with Crippen molar-refractivity contribution >= 4 is 34.8 Å². The SMILES string of the molecule is COc1ccc(NC(=O)c2ccc(O[C@@H](C)C(=O)Nc3c(C)cc(C)cc3C)cc2)cc1Cl. The second-order valence-corrected chi connectivity index (χ2v) is 8.26. The van der Waals surface area contributed by atoms with E-state index in [9.17, 15) is 9.59 Å². The standard InChI is InChI=1S/C26H27ClN2O4/c1-15-12-16(2)24(17(3)13-15)29-25(30)18(4)33-21-9-6-19(7-10-21)26(31)28-20-8-11-23(32-5)22(27)14-20/h6-14,18H,1-5H3,(H,28,31)(H,29,30)/t18-/m0/s1. The second kappa shape index (κ2) is 10.4. The lowest BCUT2D eigenvalue weighted by Crippen LogP contribution is -2.30. The number of carbonyl (C=O) groups excluding carboxylic acids is 2. The Labute approximate surface area is 198 Å². The van der Waals surface area contributed by atoms with Gasteiger partial charge in [0.25, 0.3) is 11.8 Å². The highest BCUT2D eigenvalue weighted by Gasteiger charge is 2.17. The Bertz CT molecular complexity index is 1150. The molecule has 1 atom stereocenters. The summed E-state index contributed by atoms with van der Waals surface area (Å²) in [6.45, 7) is 7.63. The number of amides is 2. The van der Waals surface area contributed by atoms with Crippen molar-refractivity contribution in [1.82, 2.24) is 0 Å². The highest BCUT2D eigenvalue weighted by molar-refractivity contribution is 6.32. The summed E-state index contributed by atoms with van der Waals surface area (Å²) in [5.74, 6) is 0.475. The lowest BCUT2D eigenvalue weighted by Gasteiger charge is -2.18. The van der Waals surface area contributed by atoms with Crippen LogP contribution < -0.4 is 20.1 Å². The monoisotopic (exact) mass is 466 g/mol. The Morgan fingerprint density at radius 1 is 0.909 bits per heavy atom. The number of hydrogen-bond donors (Lipinski definition) is 2. The molecular formula is C26H27ClN2O4. The van der Waals surface area contributed by atoms with E-state index in [0.717, 1.165) is 22.4 Å². The van der Waals surface area contributed by atoms with Gasteiger partial charge in [-0.1, -0.05) is 29.3 Å². The summed E-state index contributed by atoms with van der Waals surface area (Å²) >= 11 is 6.10. The van der Waals surface area contributed by atoms with Gasteiger partial charge in [0.1, 0.15) is 11.5 Å². The minimum absolute atomic E-state index is 0.247. The second-order valence-electron chi connectivity index (χ2n) is 7.85. The van der Waals surface area contributed by atoms with Gasteiger partial charge in [0.05, 0.1) is 12.1 Å². The third-order valence-electron chi connectivity index (χ3n) is 5.13. The first-order chi connectivity index (χ1) is 15.7. The molecule has 172 valence electrons. The largest absolute Gasteiger partial charge is 0.495 e. The van der Waals surface area contributed by atoms with Crippen LogP contribution in [0.5, 0.6) is 11.5 Å². The quantitative estimate of drug-likeness (QED) is 0.452. The van der Waals surface area contributed by atoms with E-state index >= 15 is 0 Å². The molecule has 2 amide bonds. The number of rotatable bonds is 7. The molecule has 0 aliphatic rings. The molecule has 2 N–H and O–H groups in total. The summed E-state index contributed by atoms with van der Waals surface area (Å²) in [5.41, 5.74) is 4.94. The summed E-state index contributed by atoms with van der Waals surface area (Å²) < 4.78 is 10.9. The van der Waals surface area contributed by atoms with Crippen LogP contribution in [-0.4, -0.2) is 25.0 Å². The van der Waals surface area contributed by atoms with E-state index in [4.69, 9.17) is 21.1 Å². The number of methoxy groups -OCH3 is 1. The molecule has 0 spiro atoms. The number of nitrogens with one attached hydrogen (secondary N) is 2. The van der Waals surface area contributed by atoms with Crippen LogP contribution in [-0.2, 0) is 4.79 Å². The van der Waals surface area contributed by atoms with Gasteiger partial charge in [-0.2, -0.15) is 0 Å². The average Bonchev–Trinajstić information content (AvgIpc) is 2.76. The molecule has 0 radical (unpaired) electrons. The Kier molecular flexibility index (Phi) is 7.61. The van der Waals surface area contributed by atoms with Crippen LogP contribution in [0.4, 0.5) is 11.4 Å². The van der Waals surface area contributed by atoms with E-state index in [0.29, 0.717) is 27.8 Å². The Balaban J connectivity index is 1.61. The van der Waals surface area contributed by atoms with E-state index < -0.39 is 6.10 Å². The lowest BCUT2D eigenvalue weighted by molar-refractivity contribution is -0.122. The van der Waals surface area contributed by atoms with Crippen molar-refractivity contribution in [3.05, 3.63) is 81.9 Å². The van der Waals surface area contributed by atoms with Crippen LogP contribution >= 0.6 is 11.6 Å². The maximum absolute atomic E-state index is 12.6. The van der Waals surface area contributed by atoms with Crippen LogP contribution in [0.15, 0.2) is 54.6 Å². The van der Waals surface area contributed by atoms with Crippen molar-refractivity contribution in [3.63, 3.8) is 0 Å². The first-order valence-electron chi connectivity index (χ1n) is 10.5. The number of ether oxygens (including phenoxy) is 2. The van der Waals surface area contributed by atoms with Gasteiger partial charge in [0.2, 0.25) is 0 Å². The third kappa shape index (κ3) is 6.05. The van der Waals surface area contributed by atoms with Gasteiger partial charge in [-0.3, -0.25) is 9.59 Å². The third-order valence-corrected chi connectivity index (χ3v) is 5.43. The van der Waals surface area contributed by atoms with Gasteiger partial charge in [0.15, 0.2) is 6.10 Å². The highest BCUT2D eigenvalue weighted by Crippen LogP contribution is 2.27. The lowest BCUT2D eigenvalue weighted by atomic mass is 10.0. The van der Waals surface area contributed by atoms with Gasteiger partial charge in [-0.25, -0.2) is 0 Å². The van der Waals surface area contributed by atoms with Crippen molar-refractivity contribution in [1.29, 1.82) is 0 Å². The zero-order valence-corrected chi connectivity index (χ0v) is 20.0. The normalized spacial score (nSPS) is 11.5. The fourth-order valence-corrected chi connectivity index (χ4v) is 3.75. The van der Waals surface area contributed by atoms with Gasteiger partial charge < -0.3 is 20.1 Å². The van der Waals surface area contributed by atoms with Crippen LogP contribution in [0.2, 0.25) is 5.02 Å². The first-order valence-corrected chi connectivity index (χ1v) is 10.9. The van der Waals surface area contributed by atoms with Gasteiger partial charge >= 0.3 is 0 Å². The van der Waals surface area contributed by atoms with E-state index in [1.165, 1.54) is 7.11 Å². The molecule has 0 heterocycles. The zero-order chi connectivity index (χ0) is 24.1. The van der Waals surface area contributed by atoms with E-state index in [1.54, 1.807) is 49.4 Å². The fraction of sp³-hybridized carbons (Fsp3) is 0.231. The topological polar surface area (TPSA) is 76.7 Å². The molecule has 33 heavy (non-hydrogen) atoms. The van der Waals surface area contributed by atoms with Crippen LogP contribution in [0.3, 0.4) is 0 Å². The molecule has 3 aromatic rings. The van der Waals surface area contributed by atoms with Crippen LogP contribution in [0.25, 0.3) is 0 Å². The van der Waals surface area contributed by atoms with Gasteiger partial charge in [-0.15, -0.1) is 0 Å². The fourth-order valence-electron chi connectivity index (χ4n) is 3.49. The molecule has 0 aliphatic carbocycles. The smallest absolute Gasteiger partial charge is 0.265 e. The van der Waals surface area contributed by atoms with Crippen LogP contribution in [0, 0.1) is 20.8 Å². The van der Waals surface area contributed by atoms with Crippen molar-refractivity contribution in [2.24, 2.45) is 0 Å². The minimum atomic E-state index is -0.716. The molecule has 0 saturated carbocycles. The number of halogens is 1. The zero-order valence-electron chi connectivity index (χ0n) is 19.3. The predicted molar refractivity (Wildman–Crippen MR) is 132 cm³/mol. The molecule has 0 unspecified atom stereocenters. The van der Waals surface area contributed by atoms with Crippen molar-refractivity contribution in [3.8, 4) is 11.5 Å². The number of carbonyl (C=O) groups is 2. The van der Waals surface area contributed by atoms with Crippen molar-refractivity contribution in [2.75, 3.05) is 17.7 Å². The molecule has 3 rings (SSSR count). The summed E-state index contributed by atoms with van der Waals surface area (Å²) in [6.07, 6.45) is -0.716.